The Morgan fingerprint density at radius 1 is 0.868 bits per heavy atom. The number of furan rings is 1. The van der Waals surface area contributed by atoms with E-state index in [1.807, 2.05) is 49.4 Å². The average molecular weight is 523 g/mol. The first-order chi connectivity index (χ1) is 18.5. The third-order valence-electron chi connectivity index (χ3n) is 6.32. The highest BCUT2D eigenvalue weighted by Crippen LogP contribution is 2.33. The average Bonchev–Trinajstić information content (AvgIpc) is 3.65. The summed E-state index contributed by atoms with van der Waals surface area (Å²) in [5, 5.41) is 15.0. The van der Waals surface area contributed by atoms with Crippen LogP contribution in [0.2, 0.25) is 0 Å². The van der Waals surface area contributed by atoms with E-state index >= 15 is 0 Å². The number of aryl methyl sites for hydroxylation is 1. The van der Waals surface area contributed by atoms with Crippen molar-refractivity contribution in [1.82, 2.24) is 10.4 Å². The quantitative estimate of drug-likeness (QED) is 0.263. The zero-order chi connectivity index (χ0) is 26.5. The van der Waals surface area contributed by atoms with Gasteiger partial charge in [-0.25, -0.2) is 5.01 Å². The second-order valence-electron chi connectivity index (χ2n) is 8.83. The zero-order valence-electron chi connectivity index (χ0n) is 20.7. The fourth-order valence-corrected chi connectivity index (χ4v) is 5.10. The molecule has 38 heavy (non-hydrogen) atoms. The van der Waals surface area contributed by atoms with Gasteiger partial charge in [-0.05, 0) is 41.8 Å². The molecule has 2 aromatic heterocycles. The van der Waals surface area contributed by atoms with E-state index in [0.717, 1.165) is 10.4 Å². The topological polar surface area (TPSA) is 82.8 Å². The highest BCUT2D eigenvalue weighted by Gasteiger charge is 2.43. The molecule has 3 aromatic carbocycles. The van der Waals surface area contributed by atoms with E-state index in [9.17, 15) is 14.7 Å². The lowest BCUT2D eigenvalue weighted by molar-refractivity contribution is -0.141. The van der Waals surface area contributed by atoms with Gasteiger partial charge in [-0.15, -0.1) is 11.3 Å². The highest BCUT2D eigenvalue weighted by atomic mass is 32.1. The molecule has 1 atom stereocenters. The SMILES string of the molecule is Cc1cc(C(=O)N(NC(=O)C(O)(c2ccccc2)c2ccccc2)C(c2ccccc2)c2ccco2)cs1. The molecule has 7 heteroatoms. The Hall–Kier alpha value is -4.46. The zero-order valence-corrected chi connectivity index (χ0v) is 21.5. The number of amides is 2. The number of carbonyl (C=O) groups is 2. The van der Waals surface area contributed by atoms with E-state index in [4.69, 9.17) is 4.42 Å². The van der Waals surface area contributed by atoms with Crippen molar-refractivity contribution in [3.05, 3.63) is 154 Å². The van der Waals surface area contributed by atoms with Gasteiger partial charge in [0.2, 0.25) is 0 Å². The normalized spacial score (nSPS) is 12.1. The number of nitrogens with zero attached hydrogens (tertiary/aromatic N) is 1. The second-order valence-corrected chi connectivity index (χ2v) is 9.95. The first kappa shape index (κ1) is 25.2. The number of rotatable bonds is 7. The lowest BCUT2D eigenvalue weighted by Crippen LogP contribution is -2.55. The summed E-state index contributed by atoms with van der Waals surface area (Å²) in [7, 11) is 0. The molecule has 5 rings (SSSR count). The molecule has 5 aromatic rings. The Morgan fingerprint density at radius 3 is 1.95 bits per heavy atom. The van der Waals surface area contributed by atoms with Gasteiger partial charge >= 0.3 is 0 Å². The van der Waals surface area contributed by atoms with Gasteiger partial charge in [0.1, 0.15) is 11.8 Å². The maximum atomic E-state index is 14.1. The maximum absolute atomic E-state index is 14.1. The minimum atomic E-state index is -2.07. The van der Waals surface area contributed by atoms with Gasteiger partial charge in [-0.2, -0.15) is 0 Å². The Bertz CT molecular complexity index is 1460. The molecule has 190 valence electrons. The van der Waals surface area contributed by atoms with Gasteiger partial charge in [0, 0.05) is 10.3 Å². The molecule has 0 saturated carbocycles. The van der Waals surface area contributed by atoms with Crippen LogP contribution in [0.3, 0.4) is 0 Å². The summed E-state index contributed by atoms with van der Waals surface area (Å²) in [6.45, 7) is 1.91. The van der Waals surface area contributed by atoms with Crippen LogP contribution in [0.5, 0.6) is 0 Å². The van der Waals surface area contributed by atoms with Crippen molar-refractivity contribution in [2.45, 2.75) is 18.6 Å². The predicted octanol–water partition coefficient (Wildman–Crippen LogP) is 5.85. The Kier molecular flexibility index (Phi) is 7.22. The molecule has 0 radical (unpaired) electrons. The first-order valence-corrected chi connectivity index (χ1v) is 13.0. The summed E-state index contributed by atoms with van der Waals surface area (Å²) in [5.41, 5.74) is 2.61. The van der Waals surface area contributed by atoms with Crippen molar-refractivity contribution in [2.75, 3.05) is 0 Å². The van der Waals surface area contributed by atoms with Crippen LogP contribution in [-0.4, -0.2) is 21.9 Å². The maximum Gasteiger partial charge on any atom is 0.279 e. The molecule has 2 N–H and O–H groups in total. The summed E-state index contributed by atoms with van der Waals surface area (Å²) in [4.78, 5) is 29.1. The van der Waals surface area contributed by atoms with Crippen molar-refractivity contribution >= 4 is 23.2 Å². The van der Waals surface area contributed by atoms with Crippen LogP contribution >= 0.6 is 11.3 Å². The minimum absolute atomic E-state index is 0.372. The van der Waals surface area contributed by atoms with E-state index in [-0.39, 0.29) is 0 Å². The molecule has 0 bridgehead atoms. The van der Waals surface area contributed by atoms with Gasteiger partial charge < -0.3 is 9.52 Å². The number of hydrazine groups is 1. The lowest BCUT2D eigenvalue weighted by Gasteiger charge is -2.35. The predicted molar refractivity (Wildman–Crippen MR) is 146 cm³/mol. The van der Waals surface area contributed by atoms with Crippen LogP contribution in [0, 0.1) is 6.92 Å². The molecule has 2 heterocycles. The number of hydrogen-bond acceptors (Lipinski definition) is 5. The van der Waals surface area contributed by atoms with E-state index in [0.29, 0.717) is 22.5 Å². The van der Waals surface area contributed by atoms with Crippen LogP contribution in [0.4, 0.5) is 0 Å². The van der Waals surface area contributed by atoms with Crippen molar-refractivity contribution in [3.63, 3.8) is 0 Å². The van der Waals surface area contributed by atoms with Crippen molar-refractivity contribution in [1.29, 1.82) is 0 Å². The minimum Gasteiger partial charge on any atom is -0.467 e. The van der Waals surface area contributed by atoms with E-state index in [1.54, 1.807) is 72.1 Å². The monoisotopic (exact) mass is 522 g/mol. The number of hydrogen-bond donors (Lipinski definition) is 2. The van der Waals surface area contributed by atoms with E-state index in [2.05, 4.69) is 5.43 Å². The first-order valence-electron chi connectivity index (χ1n) is 12.1. The van der Waals surface area contributed by atoms with Gasteiger partial charge in [0.15, 0.2) is 5.60 Å². The molecule has 0 aliphatic heterocycles. The van der Waals surface area contributed by atoms with Crippen LogP contribution in [0.25, 0.3) is 0 Å². The highest BCUT2D eigenvalue weighted by molar-refractivity contribution is 7.10. The molecule has 6 nitrogen and oxygen atoms in total. The fraction of sp³-hybridized carbons (Fsp3) is 0.0968. The summed E-state index contributed by atoms with van der Waals surface area (Å²) >= 11 is 1.44. The third-order valence-corrected chi connectivity index (χ3v) is 7.18. The number of carbonyl (C=O) groups excluding carboxylic acids is 2. The molecule has 2 amide bonds. The summed E-state index contributed by atoms with van der Waals surface area (Å²) in [6, 6.07) is 31.1. The van der Waals surface area contributed by atoms with Crippen LogP contribution in [-0.2, 0) is 10.4 Å². The number of benzene rings is 3. The standard InChI is InChI=1S/C31H26N2O4S/c1-22-20-24(21-38-22)29(34)33(28(27-18-11-19-37-27)23-12-5-2-6-13-23)32-30(35)31(36,25-14-7-3-8-15-25)26-16-9-4-10-17-26/h2-21,28,36H,1H3,(H,32,35). The van der Waals surface area contributed by atoms with E-state index < -0.39 is 23.5 Å². The van der Waals surface area contributed by atoms with Crippen LogP contribution in [0.1, 0.15) is 43.7 Å². The summed E-state index contributed by atoms with van der Waals surface area (Å²) in [5.74, 6) is -0.751. The molecule has 0 fully saturated rings. The van der Waals surface area contributed by atoms with E-state index in [1.165, 1.54) is 22.6 Å². The molecule has 0 aliphatic rings. The Morgan fingerprint density at radius 2 is 1.45 bits per heavy atom. The van der Waals surface area contributed by atoms with Crippen molar-refractivity contribution in [3.8, 4) is 0 Å². The number of thiophene rings is 1. The summed E-state index contributed by atoms with van der Waals surface area (Å²) < 4.78 is 5.75. The largest absolute Gasteiger partial charge is 0.467 e. The van der Waals surface area contributed by atoms with Gasteiger partial charge in [-0.3, -0.25) is 15.0 Å². The number of nitrogens with one attached hydrogen (secondary N) is 1. The van der Waals surface area contributed by atoms with Gasteiger partial charge in [0.25, 0.3) is 11.8 Å². The Balaban J connectivity index is 1.63. The Labute approximate surface area is 224 Å². The molecule has 1 unspecified atom stereocenters. The molecule has 0 saturated heterocycles. The molecular formula is C31H26N2O4S. The number of aliphatic hydroxyl groups is 1. The smallest absolute Gasteiger partial charge is 0.279 e. The van der Waals surface area contributed by atoms with Crippen molar-refractivity contribution in [2.24, 2.45) is 0 Å². The third kappa shape index (κ3) is 4.89. The second kappa shape index (κ2) is 10.9. The molecular weight excluding hydrogens is 496 g/mol. The van der Waals surface area contributed by atoms with Crippen LogP contribution < -0.4 is 5.43 Å². The fourth-order valence-electron chi connectivity index (χ4n) is 4.43. The summed E-state index contributed by atoms with van der Waals surface area (Å²) in [6.07, 6.45) is 1.52. The van der Waals surface area contributed by atoms with Gasteiger partial charge in [-0.1, -0.05) is 91.0 Å². The molecule has 0 aliphatic carbocycles. The van der Waals surface area contributed by atoms with Crippen LogP contribution in [0.15, 0.2) is 125 Å². The van der Waals surface area contributed by atoms with Gasteiger partial charge in [0.05, 0.1) is 11.8 Å². The molecule has 0 spiro atoms. The van der Waals surface area contributed by atoms with Crippen molar-refractivity contribution < 1.29 is 19.1 Å². The lowest BCUT2D eigenvalue weighted by atomic mass is 9.85.